The number of rotatable bonds is 4. The zero-order valence-corrected chi connectivity index (χ0v) is 12.2. The number of hydrogen-bond donors (Lipinski definition) is 3. The number of hydrogen-bond acceptors (Lipinski definition) is 2. The van der Waals surface area contributed by atoms with Crippen molar-refractivity contribution in [3.05, 3.63) is 29.8 Å². The summed E-state index contributed by atoms with van der Waals surface area (Å²) in [5.41, 5.74) is 1.66. The van der Waals surface area contributed by atoms with E-state index in [0.29, 0.717) is 0 Å². The van der Waals surface area contributed by atoms with Crippen LogP contribution >= 0.6 is 0 Å². The molecule has 1 unspecified atom stereocenters. The number of benzene rings is 1. The van der Waals surface area contributed by atoms with E-state index >= 15 is 0 Å². The Kier molecular flexibility index (Phi) is 5.36. The molecule has 19 heavy (non-hydrogen) atoms. The summed E-state index contributed by atoms with van der Waals surface area (Å²) < 4.78 is 0. The van der Waals surface area contributed by atoms with Gasteiger partial charge in [-0.1, -0.05) is 45.9 Å². The van der Waals surface area contributed by atoms with E-state index < -0.39 is 6.10 Å². The monoisotopic (exact) mass is 264 g/mol. The van der Waals surface area contributed by atoms with Gasteiger partial charge in [-0.05, 0) is 23.5 Å². The standard InChI is InChI=1S/C15H24N2O2/c1-5-11-8-6-7-9-12(11)17-14(19)16-10-13(18)15(2,3)4/h6-9,13,18H,5,10H2,1-4H3,(H2,16,17,19). The van der Waals surface area contributed by atoms with Crippen molar-refractivity contribution in [3.63, 3.8) is 0 Å². The number of aryl methyl sites for hydroxylation is 1. The lowest BCUT2D eigenvalue weighted by Gasteiger charge is -2.26. The molecule has 1 rings (SSSR count). The van der Waals surface area contributed by atoms with E-state index in [0.717, 1.165) is 17.7 Å². The van der Waals surface area contributed by atoms with E-state index in [1.165, 1.54) is 0 Å². The molecule has 0 heterocycles. The first-order chi connectivity index (χ1) is 8.84. The maximum Gasteiger partial charge on any atom is 0.319 e. The van der Waals surface area contributed by atoms with Gasteiger partial charge in [0.2, 0.25) is 0 Å². The van der Waals surface area contributed by atoms with Crippen LogP contribution in [-0.2, 0) is 6.42 Å². The predicted molar refractivity (Wildman–Crippen MR) is 78.3 cm³/mol. The van der Waals surface area contributed by atoms with Crippen LogP contribution in [0.2, 0.25) is 0 Å². The molecule has 0 aromatic heterocycles. The third-order valence-corrected chi connectivity index (χ3v) is 3.10. The average Bonchev–Trinajstić information content (AvgIpc) is 2.35. The van der Waals surface area contributed by atoms with Crippen LogP contribution in [0, 0.1) is 5.41 Å². The molecule has 3 N–H and O–H groups in total. The third kappa shape index (κ3) is 4.91. The molecular formula is C15H24N2O2. The van der Waals surface area contributed by atoms with Crippen molar-refractivity contribution in [2.24, 2.45) is 5.41 Å². The molecule has 0 radical (unpaired) electrons. The molecule has 0 bridgehead atoms. The number of carbonyl (C=O) groups is 1. The van der Waals surface area contributed by atoms with Gasteiger partial charge >= 0.3 is 6.03 Å². The van der Waals surface area contributed by atoms with E-state index in [2.05, 4.69) is 10.6 Å². The summed E-state index contributed by atoms with van der Waals surface area (Å²) in [5, 5.41) is 15.4. The predicted octanol–water partition coefficient (Wildman–Crippen LogP) is 2.78. The number of anilines is 1. The summed E-state index contributed by atoms with van der Waals surface area (Å²) >= 11 is 0. The van der Waals surface area contributed by atoms with Crippen LogP contribution in [0.4, 0.5) is 10.5 Å². The van der Waals surface area contributed by atoms with Gasteiger partial charge in [0.15, 0.2) is 0 Å². The van der Waals surface area contributed by atoms with E-state index in [1.807, 2.05) is 52.0 Å². The Bertz CT molecular complexity index is 424. The van der Waals surface area contributed by atoms with Crippen LogP contribution in [0.25, 0.3) is 0 Å². The zero-order chi connectivity index (χ0) is 14.5. The van der Waals surface area contributed by atoms with Crippen molar-refractivity contribution >= 4 is 11.7 Å². The normalized spacial score (nSPS) is 12.9. The first-order valence-electron chi connectivity index (χ1n) is 6.65. The van der Waals surface area contributed by atoms with E-state index in [-0.39, 0.29) is 18.0 Å². The maximum atomic E-state index is 11.8. The van der Waals surface area contributed by atoms with Crippen molar-refractivity contribution in [2.45, 2.75) is 40.2 Å². The molecule has 0 saturated heterocycles. The largest absolute Gasteiger partial charge is 0.391 e. The van der Waals surface area contributed by atoms with Gasteiger partial charge in [-0.15, -0.1) is 0 Å². The summed E-state index contributed by atoms with van der Waals surface area (Å²) in [5.74, 6) is 0. The van der Waals surface area contributed by atoms with Crippen LogP contribution in [0.3, 0.4) is 0 Å². The fourth-order valence-electron chi connectivity index (χ4n) is 1.61. The van der Waals surface area contributed by atoms with Crippen LogP contribution in [0.1, 0.15) is 33.3 Å². The van der Waals surface area contributed by atoms with Crippen LogP contribution in [0.15, 0.2) is 24.3 Å². The van der Waals surface area contributed by atoms with Gasteiger partial charge in [0, 0.05) is 12.2 Å². The molecule has 0 aliphatic carbocycles. The zero-order valence-electron chi connectivity index (χ0n) is 12.2. The van der Waals surface area contributed by atoms with Gasteiger partial charge in [0.1, 0.15) is 0 Å². The quantitative estimate of drug-likeness (QED) is 0.783. The fourth-order valence-corrected chi connectivity index (χ4v) is 1.61. The number of nitrogens with one attached hydrogen (secondary N) is 2. The third-order valence-electron chi connectivity index (χ3n) is 3.10. The SMILES string of the molecule is CCc1ccccc1NC(=O)NCC(O)C(C)(C)C. The minimum atomic E-state index is -0.570. The van der Waals surface area contributed by atoms with Gasteiger partial charge in [-0.25, -0.2) is 4.79 Å². The molecule has 1 atom stereocenters. The molecule has 0 aliphatic heterocycles. The lowest BCUT2D eigenvalue weighted by molar-refractivity contribution is 0.0654. The van der Waals surface area contributed by atoms with Crippen molar-refractivity contribution in [1.29, 1.82) is 0 Å². The van der Waals surface area contributed by atoms with E-state index in [9.17, 15) is 9.90 Å². The van der Waals surface area contributed by atoms with Crippen molar-refractivity contribution in [3.8, 4) is 0 Å². The molecule has 0 saturated carbocycles. The second kappa shape index (κ2) is 6.57. The molecule has 2 amide bonds. The smallest absolute Gasteiger partial charge is 0.319 e. The molecule has 4 nitrogen and oxygen atoms in total. The van der Waals surface area contributed by atoms with Crippen LogP contribution < -0.4 is 10.6 Å². The Balaban J connectivity index is 2.52. The first-order valence-corrected chi connectivity index (χ1v) is 6.65. The fraction of sp³-hybridized carbons (Fsp3) is 0.533. The summed E-state index contributed by atoms with van der Waals surface area (Å²) in [6.07, 6.45) is 0.292. The summed E-state index contributed by atoms with van der Waals surface area (Å²) in [6, 6.07) is 7.41. The summed E-state index contributed by atoms with van der Waals surface area (Å²) in [7, 11) is 0. The molecule has 1 aromatic rings. The van der Waals surface area contributed by atoms with Crippen LogP contribution in [0.5, 0.6) is 0 Å². The number of aliphatic hydroxyl groups excluding tert-OH is 1. The van der Waals surface area contributed by atoms with E-state index in [4.69, 9.17) is 0 Å². The highest BCUT2D eigenvalue weighted by molar-refractivity contribution is 5.90. The van der Waals surface area contributed by atoms with E-state index in [1.54, 1.807) is 0 Å². The summed E-state index contributed by atoms with van der Waals surface area (Å²) in [4.78, 5) is 11.8. The highest BCUT2D eigenvalue weighted by Crippen LogP contribution is 2.18. The average molecular weight is 264 g/mol. The summed E-state index contributed by atoms with van der Waals surface area (Å²) in [6.45, 7) is 8.09. The van der Waals surface area contributed by atoms with Crippen molar-refractivity contribution in [2.75, 3.05) is 11.9 Å². The number of carbonyl (C=O) groups excluding carboxylic acids is 1. The number of aliphatic hydroxyl groups is 1. The van der Waals surface area contributed by atoms with Gasteiger partial charge in [0.25, 0.3) is 0 Å². The Morgan fingerprint density at radius 2 is 1.95 bits per heavy atom. The molecule has 0 fully saturated rings. The molecule has 0 aliphatic rings. The van der Waals surface area contributed by atoms with Crippen molar-refractivity contribution in [1.82, 2.24) is 5.32 Å². The lowest BCUT2D eigenvalue weighted by atomic mass is 9.89. The Hall–Kier alpha value is -1.55. The maximum absolute atomic E-state index is 11.8. The molecule has 106 valence electrons. The Morgan fingerprint density at radius 3 is 2.53 bits per heavy atom. The molecule has 0 spiro atoms. The van der Waals surface area contributed by atoms with Crippen LogP contribution in [-0.4, -0.2) is 23.8 Å². The number of para-hydroxylation sites is 1. The van der Waals surface area contributed by atoms with Crippen molar-refractivity contribution < 1.29 is 9.90 Å². The Morgan fingerprint density at radius 1 is 1.32 bits per heavy atom. The molecular weight excluding hydrogens is 240 g/mol. The van der Waals surface area contributed by atoms with Gasteiger partial charge in [-0.2, -0.15) is 0 Å². The number of amides is 2. The minimum absolute atomic E-state index is 0.240. The topological polar surface area (TPSA) is 61.4 Å². The Labute approximate surface area is 115 Å². The second-order valence-corrected chi connectivity index (χ2v) is 5.73. The highest BCUT2D eigenvalue weighted by atomic mass is 16.3. The lowest BCUT2D eigenvalue weighted by Crippen LogP contribution is -2.41. The first kappa shape index (κ1) is 15.5. The molecule has 4 heteroatoms. The highest BCUT2D eigenvalue weighted by Gasteiger charge is 2.22. The van der Waals surface area contributed by atoms with Gasteiger partial charge in [-0.3, -0.25) is 0 Å². The minimum Gasteiger partial charge on any atom is -0.391 e. The number of urea groups is 1. The second-order valence-electron chi connectivity index (χ2n) is 5.73. The molecule has 1 aromatic carbocycles. The van der Waals surface area contributed by atoms with Gasteiger partial charge < -0.3 is 15.7 Å². The van der Waals surface area contributed by atoms with Gasteiger partial charge in [0.05, 0.1) is 6.10 Å².